The molecule has 2 fully saturated rings. The number of nitrogens with one attached hydrogen (secondary N) is 1. The molecule has 0 unspecified atom stereocenters. The normalized spacial score (nSPS) is 16.1. The summed E-state index contributed by atoms with van der Waals surface area (Å²) in [6.07, 6.45) is 5.77. The highest BCUT2D eigenvalue weighted by Crippen LogP contribution is 2.41. The van der Waals surface area contributed by atoms with E-state index >= 15 is 0 Å². The first-order valence-corrected chi connectivity index (χ1v) is 12.7. The van der Waals surface area contributed by atoms with E-state index in [1.807, 2.05) is 5.38 Å². The average molecular weight is 455 g/mol. The van der Waals surface area contributed by atoms with E-state index in [4.69, 9.17) is 0 Å². The fraction of sp³-hybridized carbons (Fsp3) is 0.455. The van der Waals surface area contributed by atoms with Crippen molar-refractivity contribution in [1.29, 1.82) is 0 Å². The van der Waals surface area contributed by atoms with Gasteiger partial charge in [0.2, 0.25) is 11.9 Å². The van der Waals surface area contributed by atoms with Gasteiger partial charge in [0, 0.05) is 30.1 Å². The molecule has 1 saturated carbocycles. The second kappa shape index (κ2) is 9.00. The molecule has 3 heterocycles. The molecule has 0 spiro atoms. The van der Waals surface area contributed by atoms with Gasteiger partial charge in [-0.2, -0.15) is 0 Å². The van der Waals surface area contributed by atoms with Crippen molar-refractivity contribution in [1.82, 2.24) is 19.7 Å². The maximum Gasteiger partial charge on any atom is 0.236 e. The molecule has 7 nitrogen and oxygen atoms in total. The van der Waals surface area contributed by atoms with Crippen LogP contribution in [0.3, 0.4) is 0 Å². The predicted octanol–water partition coefficient (Wildman–Crippen LogP) is 4.63. The molecule has 1 saturated heterocycles. The Morgan fingerprint density at radius 1 is 1.19 bits per heavy atom. The molecule has 3 aromatic rings. The molecule has 162 valence electrons. The van der Waals surface area contributed by atoms with Crippen molar-refractivity contribution in [3.63, 3.8) is 0 Å². The third-order valence-electron chi connectivity index (χ3n) is 5.69. The number of anilines is 2. The van der Waals surface area contributed by atoms with Crippen molar-refractivity contribution >= 4 is 40.1 Å². The second-order valence-electron chi connectivity index (χ2n) is 8.00. The van der Waals surface area contributed by atoms with Gasteiger partial charge >= 0.3 is 0 Å². The highest BCUT2D eigenvalue weighted by Gasteiger charge is 2.32. The van der Waals surface area contributed by atoms with Crippen LogP contribution in [0.2, 0.25) is 0 Å². The maximum atomic E-state index is 12.5. The zero-order valence-electron chi connectivity index (χ0n) is 17.6. The molecule has 1 N–H and O–H groups in total. The number of aryl methyl sites for hydroxylation is 1. The molecule has 0 radical (unpaired) electrons. The van der Waals surface area contributed by atoms with Crippen LogP contribution in [0.5, 0.6) is 0 Å². The monoisotopic (exact) mass is 454 g/mol. The van der Waals surface area contributed by atoms with Crippen LogP contribution in [0.4, 0.5) is 11.1 Å². The number of carbonyl (C=O) groups excluding carboxylic acids is 1. The summed E-state index contributed by atoms with van der Waals surface area (Å²) in [7, 11) is 0. The van der Waals surface area contributed by atoms with Crippen molar-refractivity contribution in [3.8, 4) is 11.3 Å². The third kappa shape index (κ3) is 4.62. The average Bonchev–Trinajstić information content (AvgIpc) is 3.19. The van der Waals surface area contributed by atoms with Gasteiger partial charge in [-0.05, 0) is 37.7 Å². The molecule has 0 atom stereocenters. The van der Waals surface area contributed by atoms with Gasteiger partial charge in [0.15, 0.2) is 10.3 Å². The molecule has 31 heavy (non-hydrogen) atoms. The summed E-state index contributed by atoms with van der Waals surface area (Å²) in [5.74, 6) is 1.20. The van der Waals surface area contributed by atoms with E-state index in [2.05, 4.69) is 61.2 Å². The Morgan fingerprint density at radius 3 is 2.68 bits per heavy atom. The minimum absolute atomic E-state index is 0.0692. The van der Waals surface area contributed by atoms with E-state index in [9.17, 15) is 4.79 Å². The molecular weight excluding hydrogens is 428 g/mol. The van der Waals surface area contributed by atoms with Gasteiger partial charge in [0.05, 0.1) is 11.4 Å². The van der Waals surface area contributed by atoms with Crippen LogP contribution >= 0.6 is 23.1 Å². The summed E-state index contributed by atoms with van der Waals surface area (Å²) >= 11 is 2.91. The SMILES string of the molecule is CCc1ccc(-c2csc(NC(=O)CSc3nnc(N4CCCC4)n3C3CC3)n2)cc1. The summed E-state index contributed by atoms with van der Waals surface area (Å²) in [6.45, 7) is 4.23. The number of carbonyl (C=O) groups is 1. The van der Waals surface area contributed by atoms with Crippen LogP contribution in [0.15, 0.2) is 34.8 Å². The summed E-state index contributed by atoms with van der Waals surface area (Å²) < 4.78 is 2.24. The number of benzene rings is 1. The van der Waals surface area contributed by atoms with Crippen LogP contribution in [0.1, 0.15) is 44.2 Å². The Bertz CT molecular complexity index is 1050. The zero-order valence-corrected chi connectivity index (χ0v) is 19.2. The predicted molar refractivity (Wildman–Crippen MR) is 126 cm³/mol. The Kier molecular flexibility index (Phi) is 5.95. The number of hydrogen-bond acceptors (Lipinski definition) is 7. The van der Waals surface area contributed by atoms with Crippen molar-refractivity contribution in [3.05, 3.63) is 35.2 Å². The number of hydrogen-bond donors (Lipinski definition) is 1. The van der Waals surface area contributed by atoms with E-state index in [0.717, 1.165) is 41.9 Å². The Labute approximate surface area is 190 Å². The third-order valence-corrected chi connectivity index (χ3v) is 7.39. The van der Waals surface area contributed by atoms with Crippen molar-refractivity contribution in [2.45, 2.75) is 50.2 Å². The number of rotatable bonds is 8. The number of aromatic nitrogens is 4. The largest absolute Gasteiger partial charge is 0.341 e. The molecule has 1 aliphatic carbocycles. The molecule has 0 bridgehead atoms. The van der Waals surface area contributed by atoms with E-state index in [1.54, 1.807) is 0 Å². The lowest BCUT2D eigenvalue weighted by atomic mass is 10.1. The molecule has 1 amide bonds. The standard InChI is InChI=1S/C22H26N6OS2/c1-2-15-5-7-16(8-6-15)18-13-30-20(23-18)24-19(29)14-31-22-26-25-21(27-11-3-4-12-27)28(22)17-9-10-17/h5-8,13,17H,2-4,9-12,14H2,1H3,(H,23,24,29). The number of thioether (sulfide) groups is 1. The fourth-order valence-electron chi connectivity index (χ4n) is 3.81. The first kappa shape index (κ1) is 20.5. The summed E-state index contributed by atoms with van der Waals surface area (Å²) in [4.78, 5) is 19.4. The van der Waals surface area contributed by atoms with E-state index in [1.165, 1.54) is 54.3 Å². The van der Waals surface area contributed by atoms with Gasteiger partial charge in [-0.25, -0.2) is 4.98 Å². The number of amides is 1. The van der Waals surface area contributed by atoms with Gasteiger partial charge in [0.25, 0.3) is 0 Å². The Morgan fingerprint density at radius 2 is 1.97 bits per heavy atom. The summed E-state index contributed by atoms with van der Waals surface area (Å²) in [5.41, 5.74) is 3.26. The first-order valence-electron chi connectivity index (χ1n) is 10.9. The maximum absolute atomic E-state index is 12.5. The summed E-state index contributed by atoms with van der Waals surface area (Å²) in [5, 5.41) is 15.2. The lowest BCUT2D eigenvalue weighted by Gasteiger charge is -2.17. The topological polar surface area (TPSA) is 75.9 Å². The van der Waals surface area contributed by atoms with Crippen LogP contribution < -0.4 is 10.2 Å². The minimum atomic E-state index is -0.0692. The van der Waals surface area contributed by atoms with E-state index < -0.39 is 0 Å². The van der Waals surface area contributed by atoms with Gasteiger partial charge in [-0.15, -0.1) is 21.5 Å². The smallest absolute Gasteiger partial charge is 0.236 e. The zero-order chi connectivity index (χ0) is 21.2. The highest BCUT2D eigenvalue weighted by molar-refractivity contribution is 7.99. The van der Waals surface area contributed by atoms with Gasteiger partial charge < -0.3 is 10.2 Å². The molecule has 2 aromatic heterocycles. The molecule has 1 aliphatic heterocycles. The van der Waals surface area contributed by atoms with E-state index in [0.29, 0.717) is 16.9 Å². The van der Waals surface area contributed by atoms with Crippen molar-refractivity contribution in [2.75, 3.05) is 29.1 Å². The van der Waals surface area contributed by atoms with Crippen molar-refractivity contribution < 1.29 is 4.79 Å². The summed E-state index contributed by atoms with van der Waals surface area (Å²) in [6, 6.07) is 8.89. The molecule has 1 aromatic carbocycles. The van der Waals surface area contributed by atoms with E-state index in [-0.39, 0.29) is 5.91 Å². The molecule has 2 aliphatic rings. The van der Waals surface area contributed by atoms with Crippen LogP contribution in [-0.4, -0.2) is 44.5 Å². The lowest BCUT2D eigenvalue weighted by molar-refractivity contribution is -0.113. The Hall–Kier alpha value is -2.39. The second-order valence-corrected chi connectivity index (χ2v) is 9.80. The van der Waals surface area contributed by atoms with Gasteiger partial charge in [-0.3, -0.25) is 9.36 Å². The molecule has 5 rings (SSSR count). The van der Waals surface area contributed by atoms with Gasteiger partial charge in [-0.1, -0.05) is 43.0 Å². The Balaban J connectivity index is 1.20. The van der Waals surface area contributed by atoms with Crippen LogP contribution in [-0.2, 0) is 11.2 Å². The minimum Gasteiger partial charge on any atom is -0.341 e. The number of nitrogens with zero attached hydrogens (tertiary/aromatic N) is 5. The first-order chi connectivity index (χ1) is 15.2. The fourth-order valence-corrected chi connectivity index (χ4v) is 5.35. The lowest BCUT2D eigenvalue weighted by Crippen LogP contribution is -2.22. The van der Waals surface area contributed by atoms with Gasteiger partial charge in [0.1, 0.15) is 0 Å². The molecular formula is C22H26N6OS2. The van der Waals surface area contributed by atoms with Crippen LogP contribution in [0, 0.1) is 0 Å². The van der Waals surface area contributed by atoms with Crippen LogP contribution in [0.25, 0.3) is 11.3 Å². The highest BCUT2D eigenvalue weighted by atomic mass is 32.2. The quantitative estimate of drug-likeness (QED) is 0.500. The molecule has 9 heteroatoms. The van der Waals surface area contributed by atoms with Crippen molar-refractivity contribution in [2.24, 2.45) is 0 Å². The number of thiazole rings is 1.